The molecule has 86 valence electrons. The van der Waals surface area contributed by atoms with Gasteiger partial charge in [-0.3, -0.25) is 0 Å². The molecule has 3 heteroatoms. The Bertz CT molecular complexity index is 102. The van der Waals surface area contributed by atoms with Gasteiger partial charge in [0.25, 0.3) is 0 Å². The highest BCUT2D eigenvalue weighted by Gasteiger charge is 1.94. The van der Waals surface area contributed by atoms with E-state index in [4.69, 9.17) is 9.47 Å². The minimum Gasteiger partial charge on any atom is -0.379 e. The monoisotopic (exact) mass is 203 g/mol. The zero-order valence-corrected chi connectivity index (χ0v) is 10.0. The summed E-state index contributed by atoms with van der Waals surface area (Å²) in [6, 6.07) is 0.569. The quantitative estimate of drug-likeness (QED) is 0.580. The van der Waals surface area contributed by atoms with Crippen molar-refractivity contribution in [2.24, 2.45) is 0 Å². The lowest BCUT2D eigenvalue weighted by atomic mass is 10.3. The van der Waals surface area contributed by atoms with Gasteiger partial charge in [-0.05, 0) is 26.8 Å². The van der Waals surface area contributed by atoms with Crippen LogP contribution in [0.5, 0.6) is 0 Å². The molecule has 0 saturated carbocycles. The van der Waals surface area contributed by atoms with Crippen LogP contribution in [0.15, 0.2) is 0 Å². The van der Waals surface area contributed by atoms with E-state index < -0.39 is 0 Å². The van der Waals surface area contributed by atoms with Gasteiger partial charge in [0.1, 0.15) is 0 Å². The van der Waals surface area contributed by atoms with E-state index in [1.165, 1.54) is 0 Å². The SMILES string of the molecule is CC(C)NCCCOCCOC(C)C. The molecule has 0 aromatic heterocycles. The van der Waals surface area contributed by atoms with Crippen molar-refractivity contribution >= 4 is 0 Å². The number of hydrogen-bond donors (Lipinski definition) is 1. The maximum Gasteiger partial charge on any atom is 0.0703 e. The lowest BCUT2D eigenvalue weighted by Gasteiger charge is -2.09. The predicted molar refractivity (Wildman–Crippen MR) is 59.7 cm³/mol. The standard InChI is InChI=1S/C11H25NO2/c1-10(2)12-6-5-7-13-8-9-14-11(3)4/h10-12H,5-9H2,1-4H3. The van der Waals surface area contributed by atoms with Gasteiger partial charge in [-0.2, -0.15) is 0 Å². The van der Waals surface area contributed by atoms with Gasteiger partial charge < -0.3 is 14.8 Å². The predicted octanol–water partition coefficient (Wildman–Crippen LogP) is 1.82. The Labute approximate surface area is 88.2 Å². The first kappa shape index (κ1) is 13.9. The molecule has 3 nitrogen and oxygen atoms in total. The van der Waals surface area contributed by atoms with E-state index in [2.05, 4.69) is 19.2 Å². The Balaban J connectivity index is 2.92. The van der Waals surface area contributed by atoms with Gasteiger partial charge in [0.05, 0.1) is 19.3 Å². The molecule has 1 N–H and O–H groups in total. The number of ether oxygens (including phenoxy) is 2. The number of rotatable bonds is 9. The summed E-state index contributed by atoms with van der Waals surface area (Å²) < 4.78 is 10.7. The van der Waals surface area contributed by atoms with Gasteiger partial charge in [0.2, 0.25) is 0 Å². The first-order valence-corrected chi connectivity index (χ1v) is 5.55. The molecule has 0 bridgehead atoms. The highest BCUT2D eigenvalue weighted by molar-refractivity contribution is 4.51. The zero-order chi connectivity index (χ0) is 10.8. The minimum atomic E-state index is 0.307. The van der Waals surface area contributed by atoms with E-state index in [1.54, 1.807) is 0 Å². The largest absolute Gasteiger partial charge is 0.379 e. The molecule has 0 aromatic carbocycles. The lowest BCUT2D eigenvalue weighted by molar-refractivity contribution is 0.0190. The van der Waals surface area contributed by atoms with E-state index in [1.807, 2.05) is 13.8 Å². The van der Waals surface area contributed by atoms with E-state index in [0.29, 0.717) is 25.4 Å². The maximum absolute atomic E-state index is 5.40. The fraction of sp³-hybridized carbons (Fsp3) is 1.00. The molecule has 14 heavy (non-hydrogen) atoms. The van der Waals surface area contributed by atoms with Crippen molar-refractivity contribution in [2.75, 3.05) is 26.4 Å². The molecule has 0 atom stereocenters. The van der Waals surface area contributed by atoms with Gasteiger partial charge in [-0.25, -0.2) is 0 Å². The molecule has 0 aromatic rings. The van der Waals surface area contributed by atoms with Crippen molar-refractivity contribution in [1.29, 1.82) is 0 Å². The van der Waals surface area contributed by atoms with Gasteiger partial charge in [-0.15, -0.1) is 0 Å². The molecular formula is C11H25NO2. The molecule has 0 heterocycles. The molecular weight excluding hydrogens is 178 g/mol. The van der Waals surface area contributed by atoms with Crippen molar-refractivity contribution in [1.82, 2.24) is 5.32 Å². The Hall–Kier alpha value is -0.120. The van der Waals surface area contributed by atoms with Gasteiger partial charge in [-0.1, -0.05) is 13.8 Å². The van der Waals surface area contributed by atoms with E-state index in [0.717, 1.165) is 19.6 Å². The van der Waals surface area contributed by atoms with Crippen LogP contribution in [0.25, 0.3) is 0 Å². The average molecular weight is 203 g/mol. The normalized spacial score (nSPS) is 11.6. The minimum absolute atomic E-state index is 0.307. The van der Waals surface area contributed by atoms with Crippen LogP contribution in [-0.4, -0.2) is 38.5 Å². The molecule has 0 fully saturated rings. The molecule has 0 unspecified atom stereocenters. The summed E-state index contributed by atoms with van der Waals surface area (Å²) in [5.74, 6) is 0. The van der Waals surface area contributed by atoms with E-state index in [9.17, 15) is 0 Å². The third-order valence-corrected chi connectivity index (χ3v) is 1.70. The third kappa shape index (κ3) is 11.9. The highest BCUT2D eigenvalue weighted by atomic mass is 16.5. The Kier molecular flexibility index (Phi) is 9.35. The van der Waals surface area contributed by atoms with Crippen LogP contribution in [0.3, 0.4) is 0 Å². The number of nitrogens with one attached hydrogen (secondary N) is 1. The fourth-order valence-corrected chi connectivity index (χ4v) is 1.01. The number of hydrogen-bond acceptors (Lipinski definition) is 3. The third-order valence-electron chi connectivity index (χ3n) is 1.70. The van der Waals surface area contributed by atoms with Crippen molar-refractivity contribution < 1.29 is 9.47 Å². The van der Waals surface area contributed by atoms with Crippen LogP contribution in [0.1, 0.15) is 34.1 Å². The van der Waals surface area contributed by atoms with E-state index in [-0.39, 0.29) is 0 Å². The van der Waals surface area contributed by atoms with E-state index >= 15 is 0 Å². The summed E-state index contributed by atoms with van der Waals surface area (Å²) in [4.78, 5) is 0. The van der Waals surface area contributed by atoms with Crippen molar-refractivity contribution in [3.63, 3.8) is 0 Å². The summed E-state index contributed by atoms with van der Waals surface area (Å²) >= 11 is 0. The molecule has 0 rings (SSSR count). The maximum atomic E-state index is 5.40. The van der Waals surface area contributed by atoms with Crippen LogP contribution in [0, 0.1) is 0 Å². The van der Waals surface area contributed by atoms with Crippen molar-refractivity contribution in [2.45, 2.75) is 46.3 Å². The van der Waals surface area contributed by atoms with Gasteiger partial charge in [0.15, 0.2) is 0 Å². The summed E-state index contributed by atoms with van der Waals surface area (Å²) in [5, 5.41) is 3.34. The molecule has 0 aliphatic carbocycles. The van der Waals surface area contributed by atoms with Crippen LogP contribution in [0.2, 0.25) is 0 Å². The van der Waals surface area contributed by atoms with Crippen molar-refractivity contribution in [3.8, 4) is 0 Å². The van der Waals surface area contributed by atoms with Crippen LogP contribution in [0.4, 0.5) is 0 Å². The molecule has 0 amide bonds. The van der Waals surface area contributed by atoms with Gasteiger partial charge >= 0.3 is 0 Å². The van der Waals surface area contributed by atoms with Crippen molar-refractivity contribution in [3.05, 3.63) is 0 Å². The second-order valence-electron chi connectivity index (χ2n) is 3.99. The second kappa shape index (κ2) is 9.44. The summed E-state index contributed by atoms with van der Waals surface area (Å²) in [6.07, 6.45) is 1.38. The van der Waals surface area contributed by atoms with Crippen LogP contribution < -0.4 is 5.32 Å². The highest BCUT2D eigenvalue weighted by Crippen LogP contribution is 1.88. The first-order chi connectivity index (χ1) is 6.63. The second-order valence-corrected chi connectivity index (χ2v) is 3.99. The van der Waals surface area contributed by atoms with Gasteiger partial charge in [0, 0.05) is 12.6 Å². The summed E-state index contributed by atoms with van der Waals surface area (Å²) in [5.41, 5.74) is 0. The Morgan fingerprint density at radius 3 is 2.29 bits per heavy atom. The van der Waals surface area contributed by atoms with Crippen LogP contribution in [-0.2, 0) is 9.47 Å². The smallest absolute Gasteiger partial charge is 0.0703 e. The Morgan fingerprint density at radius 1 is 1.00 bits per heavy atom. The first-order valence-electron chi connectivity index (χ1n) is 5.55. The lowest BCUT2D eigenvalue weighted by Crippen LogP contribution is -2.24. The molecule has 0 radical (unpaired) electrons. The van der Waals surface area contributed by atoms with Crippen LogP contribution >= 0.6 is 0 Å². The topological polar surface area (TPSA) is 30.5 Å². The molecule has 0 aliphatic rings. The fourth-order valence-electron chi connectivity index (χ4n) is 1.01. The summed E-state index contributed by atoms with van der Waals surface area (Å²) in [7, 11) is 0. The Morgan fingerprint density at radius 2 is 1.71 bits per heavy atom. The molecule has 0 aliphatic heterocycles. The summed E-state index contributed by atoms with van der Waals surface area (Å²) in [6.45, 7) is 11.6. The molecule has 0 spiro atoms. The molecule has 0 saturated heterocycles. The zero-order valence-electron chi connectivity index (χ0n) is 10.0. The average Bonchev–Trinajstić information content (AvgIpc) is 2.08.